The minimum absolute atomic E-state index is 0.0340. The Kier molecular flexibility index (Phi) is 6.88. The predicted octanol–water partition coefficient (Wildman–Crippen LogP) is 3.18. The highest BCUT2D eigenvalue weighted by Crippen LogP contribution is 2.16. The van der Waals surface area contributed by atoms with Gasteiger partial charge in [-0.25, -0.2) is 12.8 Å². The average molecular weight is 378 g/mol. The summed E-state index contributed by atoms with van der Waals surface area (Å²) in [5, 5.41) is 2.83. The number of carbonyl (C=O) groups is 1. The molecule has 0 bridgehead atoms. The summed E-state index contributed by atoms with van der Waals surface area (Å²) in [4.78, 5) is 12.2. The van der Waals surface area contributed by atoms with Gasteiger partial charge in [0.15, 0.2) is 0 Å². The van der Waals surface area contributed by atoms with Gasteiger partial charge in [-0.2, -0.15) is 4.31 Å². The fourth-order valence-corrected chi connectivity index (χ4v) is 3.35. The number of carbonyl (C=O) groups excluding carboxylic acids is 1. The van der Waals surface area contributed by atoms with Crippen molar-refractivity contribution in [3.8, 4) is 0 Å². The van der Waals surface area contributed by atoms with E-state index in [9.17, 15) is 17.6 Å². The number of para-hydroxylation sites is 1. The molecule has 0 aliphatic rings. The molecule has 1 N–H and O–H groups in total. The number of amides is 1. The number of halogens is 1. The molecule has 2 aromatic rings. The van der Waals surface area contributed by atoms with E-state index in [0.29, 0.717) is 5.56 Å². The summed E-state index contributed by atoms with van der Waals surface area (Å²) in [5.74, 6) is -0.632. The molecule has 0 unspecified atom stereocenters. The van der Waals surface area contributed by atoms with E-state index < -0.39 is 10.0 Å². The molecule has 26 heavy (non-hydrogen) atoms. The first-order valence-corrected chi connectivity index (χ1v) is 10.2. The number of hydrogen-bond acceptors (Lipinski definition) is 3. The van der Waals surface area contributed by atoms with Crippen LogP contribution in [-0.2, 0) is 27.8 Å². The van der Waals surface area contributed by atoms with E-state index >= 15 is 0 Å². The molecule has 0 aromatic heterocycles. The number of sulfonamides is 1. The first-order valence-electron chi connectivity index (χ1n) is 8.37. The van der Waals surface area contributed by atoms with Gasteiger partial charge in [-0.15, -0.1) is 0 Å². The molecule has 2 rings (SSSR count). The van der Waals surface area contributed by atoms with Crippen molar-refractivity contribution < 1.29 is 17.6 Å². The quantitative estimate of drug-likeness (QED) is 0.767. The largest absolute Gasteiger partial charge is 0.326 e. The molecule has 0 aliphatic heterocycles. The highest BCUT2D eigenvalue weighted by molar-refractivity contribution is 7.88. The molecule has 0 heterocycles. The van der Waals surface area contributed by atoms with Gasteiger partial charge >= 0.3 is 0 Å². The van der Waals surface area contributed by atoms with Crippen LogP contribution in [0.25, 0.3) is 0 Å². The molecular formula is C19H23FN2O3S. The Balaban J connectivity index is 2.00. The summed E-state index contributed by atoms with van der Waals surface area (Å²) >= 11 is 0. The molecule has 0 spiro atoms. The zero-order chi connectivity index (χ0) is 19.2. The molecule has 0 saturated carbocycles. The summed E-state index contributed by atoms with van der Waals surface area (Å²) in [5.41, 5.74) is 2.42. The summed E-state index contributed by atoms with van der Waals surface area (Å²) in [7, 11) is -3.49. The van der Waals surface area contributed by atoms with E-state index in [0.717, 1.165) is 23.9 Å². The molecule has 0 aliphatic carbocycles. The van der Waals surface area contributed by atoms with Crippen LogP contribution in [0.1, 0.15) is 24.5 Å². The number of anilines is 1. The van der Waals surface area contributed by atoms with Crippen LogP contribution in [0.2, 0.25) is 0 Å². The van der Waals surface area contributed by atoms with Crippen molar-refractivity contribution in [2.75, 3.05) is 18.1 Å². The summed E-state index contributed by atoms with van der Waals surface area (Å²) in [6, 6.07) is 13.1. The Morgan fingerprint density at radius 3 is 2.38 bits per heavy atom. The number of hydrogen-bond donors (Lipinski definition) is 1. The Hall–Kier alpha value is -2.25. The van der Waals surface area contributed by atoms with Crippen LogP contribution < -0.4 is 5.32 Å². The van der Waals surface area contributed by atoms with Crippen molar-refractivity contribution in [2.45, 2.75) is 26.3 Å². The van der Waals surface area contributed by atoms with Crippen LogP contribution in [0.3, 0.4) is 0 Å². The van der Waals surface area contributed by atoms with Crippen LogP contribution >= 0.6 is 0 Å². The third kappa shape index (κ3) is 5.93. The normalized spacial score (nSPS) is 11.5. The number of aryl methyl sites for hydroxylation is 1. The second kappa shape index (κ2) is 8.91. The van der Waals surface area contributed by atoms with Crippen molar-refractivity contribution in [3.05, 3.63) is 65.5 Å². The Morgan fingerprint density at radius 1 is 1.12 bits per heavy atom. The summed E-state index contributed by atoms with van der Waals surface area (Å²) in [6.45, 7) is 2.15. The van der Waals surface area contributed by atoms with Crippen LogP contribution in [0.4, 0.5) is 10.1 Å². The molecule has 5 nitrogen and oxygen atoms in total. The third-order valence-electron chi connectivity index (χ3n) is 4.00. The monoisotopic (exact) mass is 378 g/mol. The van der Waals surface area contributed by atoms with Crippen LogP contribution in [-0.4, -0.2) is 31.4 Å². The molecule has 1 amide bonds. The Bertz CT molecular complexity index is 851. The maximum absolute atomic E-state index is 13.0. The molecule has 0 atom stereocenters. The molecule has 140 valence electrons. The summed E-state index contributed by atoms with van der Waals surface area (Å²) < 4.78 is 38.2. The van der Waals surface area contributed by atoms with Gasteiger partial charge in [0.05, 0.1) is 6.26 Å². The topological polar surface area (TPSA) is 66.5 Å². The van der Waals surface area contributed by atoms with Gasteiger partial charge in [0.25, 0.3) is 0 Å². The lowest BCUT2D eigenvalue weighted by Crippen LogP contribution is -2.32. The maximum Gasteiger partial charge on any atom is 0.225 e. The van der Waals surface area contributed by atoms with E-state index in [1.165, 1.54) is 28.6 Å². The number of nitrogens with zero attached hydrogens (tertiary/aromatic N) is 1. The highest BCUT2D eigenvalue weighted by atomic mass is 32.2. The molecular weight excluding hydrogens is 355 g/mol. The lowest BCUT2D eigenvalue weighted by atomic mass is 10.1. The third-order valence-corrected chi connectivity index (χ3v) is 5.25. The second-order valence-corrected chi connectivity index (χ2v) is 8.01. The van der Waals surface area contributed by atoms with Crippen LogP contribution in [0.5, 0.6) is 0 Å². The lowest BCUT2D eigenvalue weighted by Gasteiger charge is -2.20. The van der Waals surface area contributed by atoms with E-state index in [4.69, 9.17) is 0 Å². The predicted molar refractivity (Wildman–Crippen MR) is 101 cm³/mol. The fraction of sp³-hybridized carbons (Fsp3) is 0.316. The molecule has 0 saturated heterocycles. The number of rotatable bonds is 8. The first-order chi connectivity index (χ1) is 12.3. The van der Waals surface area contributed by atoms with Gasteiger partial charge in [0, 0.05) is 25.2 Å². The molecule has 2 aromatic carbocycles. The molecule has 0 radical (unpaired) electrons. The van der Waals surface area contributed by atoms with Gasteiger partial charge in [0.1, 0.15) is 5.82 Å². The van der Waals surface area contributed by atoms with Gasteiger partial charge in [0.2, 0.25) is 15.9 Å². The van der Waals surface area contributed by atoms with Gasteiger partial charge in [-0.05, 0) is 35.7 Å². The second-order valence-electron chi connectivity index (χ2n) is 6.03. The van der Waals surface area contributed by atoms with Gasteiger partial charge in [-0.1, -0.05) is 37.3 Å². The van der Waals surface area contributed by atoms with E-state index in [1.54, 1.807) is 0 Å². The lowest BCUT2D eigenvalue weighted by molar-refractivity contribution is -0.116. The molecule has 7 heteroatoms. The Morgan fingerprint density at radius 2 is 1.77 bits per heavy atom. The van der Waals surface area contributed by atoms with E-state index in [2.05, 4.69) is 5.32 Å². The molecule has 0 fully saturated rings. The van der Waals surface area contributed by atoms with E-state index in [1.807, 2.05) is 31.2 Å². The summed E-state index contributed by atoms with van der Waals surface area (Å²) in [6.07, 6.45) is 1.92. The van der Waals surface area contributed by atoms with Gasteiger partial charge in [-0.3, -0.25) is 4.79 Å². The minimum atomic E-state index is -3.49. The maximum atomic E-state index is 13.0. The standard InChI is InChI=1S/C19H23FN2O3S/c1-3-16-6-4-5-7-18(16)21-19(23)12-13-22(26(2,24)25)14-15-8-10-17(20)11-9-15/h4-11H,3,12-14H2,1-2H3,(H,21,23). The SMILES string of the molecule is CCc1ccccc1NC(=O)CCN(Cc1ccc(F)cc1)S(C)(=O)=O. The Labute approximate surface area is 153 Å². The van der Waals surface area contributed by atoms with Gasteiger partial charge < -0.3 is 5.32 Å². The number of nitrogens with one attached hydrogen (secondary N) is 1. The van der Waals surface area contributed by atoms with Crippen LogP contribution in [0, 0.1) is 5.82 Å². The zero-order valence-corrected chi connectivity index (χ0v) is 15.7. The van der Waals surface area contributed by atoms with E-state index in [-0.39, 0.29) is 31.2 Å². The van der Waals surface area contributed by atoms with Crippen molar-refractivity contribution in [3.63, 3.8) is 0 Å². The zero-order valence-electron chi connectivity index (χ0n) is 14.9. The average Bonchev–Trinajstić information content (AvgIpc) is 2.59. The van der Waals surface area contributed by atoms with Crippen molar-refractivity contribution in [2.24, 2.45) is 0 Å². The first kappa shape index (κ1) is 20.1. The smallest absolute Gasteiger partial charge is 0.225 e. The fourth-order valence-electron chi connectivity index (χ4n) is 2.55. The minimum Gasteiger partial charge on any atom is -0.326 e. The number of benzene rings is 2. The van der Waals surface area contributed by atoms with Crippen molar-refractivity contribution in [1.29, 1.82) is 0 Å². The van der Waals surface area contributed by atoms with Crippen molar-refractivity contribution >= 4 is 21.6 Å². The highest BCUT2D eigenvalue weighted by Gasteiger charge is 2.18. The van der Waals surface area contributed by atoms with Crippen molar-refractivity contribution in [1.82, 2.24) is 4.31 Å². The van der Waals surface area contributed by atoms with Crippen LogP contribution in [0.15, 0.2) is 48.5 Å².